The van der Waals surface area contributed by atoms with Crippen LogP contribution in [-0.4, -0.2) is 61.0 Å². The number of primary amides is 1. The van der Waals surface area contributed by atoms with Crippen molar-refractivity contribution in [2.24, 2.45) is 11.7 Å². The summed E-state index contributed by atoms with van der Waals surface area (Å²) in [5, 5.41) is 14.9. The second-order valence-electron chi connectivity index (χ2n) is 11.4. The van der Waals surface area contributed by atoms with Gasteiger partial charge in [-0.2, -0.15) is 0 Å². The van der Waals surface area contributed by atoms with E-state index in [-0.39, 0.29) is 51.7 Å². The van der Waals surface area contributed by atoms with Crippen molar-refractivity contribution in [3.8, 4) is 5.75 Å². The number of benzene rings is 3. The number of rotatable bonds is 11. The van der Waals surface area contributed by atoms with Crippen molar-refractivity contribution in [1.29, 1.82) is 0 Å². The molecule has 1 saturated heterocycles. The number of carboxylic acid groups (broad SMARTS) is 1. The average Bonchev–Trinajstić information content (AvgIpc) is 3.79. The van der Waals surface area contributed by atoms with E-state index in [0.717, 1.165) is 24.3 Å². The van der Waals surface area contributed by atoms with Gasteiger partial charge in [0.15, 0.2) is 21.4 Å². The van der Waals surface area contributed by atoms with Crippen LogP contribution < -0.4 is 21.1 Å². The molecule has 3 aromatic rings. The predicted octanol–water partition coefficient (Wildman–Crippen LogP) is 3.79. The molecule has 3 amide bonds. The fourth-order valence-electron chi connectivity index (χ4n) is 5.81. The molecule has 1 aliphatic heterocycles. The SMILES string of the molecule is COc1cc([C@@H](Nc2cc(C(N)=O)ccc2F)C(=O)N2CC[C@H](C(=O)O)[C@@H]2c2cc(NC(C)=O)ccc2S(=O)(=O)C2CC2)ccc1F. The highest BCUT2D eigenvalue weighted by Crippen LogP contribution is 2.45. The van der Waals surface area contributed by atoms with Crippen LogP contribution in [0, 0.1) is 17.6 Å². The van der Waals surface area contributed by atoms with Crippen LogP contribution in [0.15, 0.2) is 59.5 Å². The van der Waals surface area contributed by atoms with Crippen LogP contribution in [0.1, 0.15) is 59.8 Å². The topological polar surface area (TPSA) is 185 Å². The molecule has 5 N–H and O–H groups in total. The highest BCUT2D eigenvalue weighted by Gasteiger charge is 2.47. The molecule has 0 aromatic heterocycles. The Balaban J connectivity index is 1.67. The van der Waals surface area contributed by atoms with E-state index < -0.39 is 68.4 Å². The minimum atomic E-state index is -3.94. The first-order valence-electron chi connectivity index (χ1n) is 14.6. The summed E-state index contributed by atoms with van der Waals surface area (Å²) >= 11 is 0. The fraction of sp³-hybridized carbons (Fsp3) is 0.312. The first-order valence-corrected chi connectivity index (χ1v) is 16.2. The molecule has 1 saturated carbocycles. The number of likely N-dealkylation sites (tertiary alicyclic amines) is 1. The molecule has 5 rings (SSSR count). The summed E-state index contributed by atoms with van der Waals surface area (Å²) in [5.41, 5.74) is 5.27. The molecule has 248 valence electrons. The lowest BCUT2D eigenvalue weighted by Crippen LogP contribution is -2.40. The zero-order valence-corrected chi connectivity index (χ0v) is 26.1. The molecule has 0 unspecified atom stereocenters. The Labute approximate surface area is 268 Å². The van der Waals surface area contributed by atoms with Gasteiger partial charge in [-0.25, -0.2) is 17.2 Å². The molecule has 47 heavy (non-hydrogen) atoms. The van der Waals surface area contributed by atoms with E-state index in [1.807, 2.05) is 0 Å². The van der Waals surface area contributed by atoms with Crippen LogP contribution in [-0.2, 0) is 24.2 Å². The number of anilines is 2. The lowest BCUT2D eigenvalue weighted by Gasteiger charge is -2.33. The highest BCUT2D eigenvalue weighted by molar-refractivity contribution is 7.92. The Kier molecular flexibility index (Phi) is 9.20. The minimum absolute atomic E-state index is 0.00116. The third-order valence-electron chi connectivity index (χ3n) is 8.22. The Morgan fingerprint density at radius 1 is 1.00 bits per heavy atom. The Bertz CT molecular complexity index is 1880. The van der Waals surface area contributed by atoms with Gasteiger partial charge in [0.2, 0.25) is 17.7 Å². The number of ether oxygens (including phenoxy) is 1. The van der Waals surface area contributed by atoms with Crippen LogP contribution in [0.2, 0.25) is 0 Å². The number of carboxylic acids is 1. The van der Waals surface area contributed by atoms with Crippen LogP contribution in [0.3, 0.4) is 0 Å². The maximum Gasteiger partial charge on any atom is 0.309 e. The quantitative estimate of drug-likeness (QED) is 0.236. The normalized spacial score (nSPS) is 18.3. The number of aliphatic carboxylic acids is 1. The standard InChI is InChI=1S/C32H32F2N4O8S/c1-16(39)36-19-5-10-27(47(44,45)20-6-7-20)22(15-19)29-21(32(42)43)11-12-38(29)31(41)28(17-3-9-24(34)26(14-17)46-2)37-25-13-18(30(35)40)4-8-23(25)33/h3-5,8-10,13-15,20-21,28-29,37H,6-7,11-12H2,1-2H3,(H2,35,40)(H,36,39)(H,42,43)/t21-,28+,29+/m0/s1. The lowest BCUT2D eigenvalue weighted by atomic mass is 9.92. The van der Waals surface area contributed by atoms with E-state index in [1.54, 1.807) is 0 Å². The van der Waals surface area contributed by atoms with Crippen LogP contribution in [0.5, 0.6) is 5.75 Å². The summed E-state index contributed by atoms with van der Waals surface area (Å²) in [7, 11) is -2.73. The van der Waals surface area contributed by atoms with Gasteiger partial charge in [0.1, 0.15) is 11.9 Å². The minimum Gasteiger partial charge on any atom is -0.494 e. The first-order chi connectivity index (χ1) is 22.2. The Morgan fingerprint density at radius 2 is 1.70 bits per heavy atom. The molecule has 15 heteroatoms. The molecular weight excluding hydrogens is 638 g/mol. The van der Waals surface area contributed by atoms with Gasteiger partial charge in [-0.1, -0.05) is 6.07 Å². The van der Waals surface area contributed by atoms with Crippen molar-refractivity contribution in [3.63, 3.8) is 0 Å². The van der Waals surface area contributed by atoms with Crippen molar-refractivity contribution in [1.82, 2.24) is 4.90 Å². The van der Waals surface area contributed by atoms with Gasteiger partial charge in [-0.15, -0.1) is 0 Å². The van der Waals surface area contributed by atoms with E-state index in [2.05, 4.69) is 10.6 Å². The maximum absolute atomic E-state index is 15.1. The number of hydrogen-bond donors (Lipinski definition) is 4. The molecule has 0 radical (unpaired) electrons. The van der Waals surface area contributed by atoms with Crippen molar-refractivity contribution < 1.29 is 46.2 Å². The van der Waals surface area contributed by atoms with Gasteiger partial charge in [0.05, 0.1) is 34.9 Å². The number of hydrogen-bond acceptors (Lipinski definition) is 8. The third-order valence-corrected chi connectivity index (χ3v) is 10.6. The van der Waals surface area contributed by atoms with E-state index >= 15 is 4.39 Å². The first kappa shape index (κ1) is 33.3. The number of carbonyl (C=O) groups excluding carboxylic acids is 3. The summed E-state index contributed by atoms with van der Waals surface area (Å²) < 4.78 is 61.8. The van der Waals surface area contributed by atoms with Gasteiger partial charge < -0.3 is 31.1 Å². The molecule has 1 aliphatic carbocycles. The zero-order chi connectivity index (χ0) is 34.2. The van der Waals surface area contributed by atoms with Crippen molar-refractivity contribution >= 4 is 44.9 Å². The second kappa shape index (κ2) is 13.0. The van der Waals surface area contributed by atoms with Gasteiger partial charge in [-0.3, -0.25) is 19.2 Å². The predicted molar refractivity (Wildman–Crippen MR) is 165 cm³/mol. The molecular formula is C32H32F2N4O8S. The van der Waals surface area contributed by atoms with Crippen molar-refractivity contribution in [3.05, 3.63) is 82.9 Å². The van der Waals surface area contributed by atoms with Gasteiger partial charge in [0, 0.05) is 24.7 Å². The second-order valence-corrected chi connectivity index (χ2v) is 13.6. The third kappa shape index (κ3) is 6.75. The molecule has 2 fully saturated rings. The van der Waals surface area contributed by atoms with Crippen molar-refractivity contribution in [2.45, 2.75) is 48.4 Å². The van der Waals surface area contributed by atoms with E-state index in [4.69, 9.17) is 10.5 Å². The van der Waals surface area contributed by atoms with Gasteiger partial charge in [0.25, 0.3) is 0 Å². The van der Waals surface area contributed by atoms with Crippen LogP contribution in [0.4, 0.5) is 20.2 Å². The fourth-order valence-corrected chi connectivity index (χ4v) is 7.70. The lowest BCUT2D eigenvalue weighted by molar-refractivity contribution is -0.143. The van der Waals surface area contributed by atoms with E-state index in [1.165, 1.54) is 49.3 Å². The number of sulfone groups is 1. The molecule has 1 heterocycles. The smallest absolute Gasteiger partial charge is 0.309 e. The van der Waals surface area contributed by atoms with Crippen LogP contribution in [0.25, 0.3) is 0 Å². The summed E-state index contributed by atoms with van der Waals surface area (Å²) in [4.78, 5) is 51.9. The van der Waals surface area contributed by atoms with Gasteiger partial charge in [-0.05, 0) is 78.9 Å². The molecule has 12 nitrogen and oxygen atoms in total. The van der Waals surface area contributed by atoms with E-state index in [0.29, 0.717) is 12.8 Å². The highest BCUT2D eigenvalue weighted by atomic mass is 32.2. The molecule has 3 aromatic carbocycles. The number of nitrogens with one attached hydrogen (secondary N) is 2. The molecule has 0 spiro atoms. The number of nitrogens with two attached hydrogens (primary N) is 1. The largest absolute Gasteiger partial charge is 0.494 e. The number of methoxy groups -OCH3 is 1. The van der Waals surface area contributed by atoms with Crippen molar-refractivity contribution in [2.75, 3.05) is 24.3 Å². The molecule has 3 atom stereocenters. The van der Waals surface area contributed by atoms with E-state index in [9.17, 15) is 37.1 Å². The number of halogens is 2. The Hall–Kier alpha value is -5.05. The zero-order valence-electron chi connectivity index (χ0n) is 25.3. The Morgan fingerprint density at radius 3 is 2.32 bits per heavy atom. The summed E-state index contributed by atoms with van der Waals surface area (Å²) in [6.07, 6.45) is 0.766. The summed E-state index contributed by atoms with van der Waals surface area (Å²) in [5.74, 6) is -6.55. The van der Waals surface area contributed by atoms with Crippen LogP contribution >= 0.6 is 0 Å². The molecule has 2 aliphatic rings. The average molecular weight is 671 g/mol. The monoisotopic (exact) mass is 670 g/mol. The van der Waals surface area contributed by atoms with Gasteiger partial charge >= 0.3 is 5.97 Å². The summed E-state index contributed by atoms with van der Waals surface area (Å²) in [6, 6.07) is 7.88. The number of amides is 3. The summed E-state index contributed by atoms with van der Waals surface area (Å²) in [6.45, 7) is 1.10. The number of nitrogens with zero attached hydrogens (tertiary/aromatic N) is 1. The maximum atomic E-state index is 15.1. The molecule has 0 bridgehead atoms. The number of carbonyl (C=O) groups is 4.